The fraction of sp³-hybridized carbons (Fsp3) is 0.714. The molecule has 1 aromatic heterocycles. The summed E-state index contributed by atoms with van der Waals surface area (Å²) in [6, 6.07) is 0. The molecule has 2 rings (SSSR count). The van der Waals surface area contributed by atoms with Crippen LogP contribution in [0.1, 0.15) is 31.2 Å². The molecule has 0 aliphatic carbocycles. The van der Waals surface area contributed by atoms with Gasteiger partial charge in [0.25, 0.3) is 0 Å². The maximum atomic E-state index is 4.58. The smallest absolute Gasteiger partial charge is 0.134 e. The summed E-state index contributed by atoms with van der Waals surface area (Å²) in [6.07, 6.45) is 3.54. The maximum Gasteiger partial charge on any atom is 0.134 e. The van der Waals surface area contributed by atoms with Gasteiger partial charge >= 0.3 is 0 Å². The highest BCUT2D eigenvalue weighted by Crippen LogP contribution is 2.19. The quantitative estimate of drug-likeness (QED) is 0.821. The molecule has 0 unspecified atom stereocenters. The van der Waals surface area contributed by atoms with Crippen LogP contribution in [-0.2, 0) is 6.42 Å². The highest BCUT2D eigenvalue weighted by molar-refractivity contribution is 5.56. The van der Waals surface area contributed by atoms with Gasteiger partial charge in [0.15, 0.2) is 0 Å². The molecular weight excluding hydrogens is 238 g/mol. The number of anilines is 2. The minimum absolute atomic E-state index is 0.857. The van der Waals surface area contributed by atoms with E-state index in [-0.39, 0.29) is 0 Å². The third-order valence-electron chi connectivity index (χ3n) is 3.66. The third kappa shape index (κ3) is 3.56. The van der Waals surface area contributed by atoms with E-state index in [1.807, 2.05) is 7.05 Å². The predicted octanol–water partition coefficient (Wildman–Crippen LogP) is 1.90. The first kappa shape index (κ1) is 14.1. The van der Waals surface area contributed by atoms with Gasteiger partial charge in [-0.3, -0.25) is 0 Å². The summed E-state index contributed by atoms with van der Waals surface area (Å²) in [4.78, 5) is 11.6. The lowest BCUT2D eigenvalue weighted by atomic mass is 10.3. The largest absolute Gasteiger partial charge is 0.373 e. The summed E-state index contributed by atoms with van der Waals surface area (Å²) < 4.78 is 0. The Morgan fingerprint density at radius 1 is 1.16 bits per heavy atom. The molecule has 0 bridgehead atoms. The summed E-state index contributed by atoms with van der Waals surface area (Å²) in [6.45, 7) is 8.67. The number of rotatable bonds is 6. The van der Waals surface area contributed by atoms with Crippen LogP contribution in [0.2, 0.25) is 0 Å². The predicted molar refractivity (Wildman–Crippen MR) is 79.9 cm³/mol. The van der Waals surface area contributed by atoms with Crippen LogP contribution in [0.3, 0.4) is 0 Å². The van der Waals surface area contributed by atoms with Crippen LogP contribution < -0.4 is 10.6 Å². The molecule has 0 atom stereocenters. The monoisotopic (exact) mass is 263 g/mol. The van der Waals surface area contributed by atoms with Crippen molar-refractivity contribution in [3.05, 3.63) is 11.4 Å². The van der Waals surface area contributed by atoms with Crippen molar-refractivity contribution in [3.8, 4) is 0 Å². The highest BCUT2D eigenvalue weighted by Gasteiger charge is 2.12. The summed E-state index contributed by atoms with van der Waals surface area (Å²) in [7, 11) is 1.91. The second-order valence-electron chi connectivity index (χ2n) is 5.04. The van der Waals surface area contributed by atoms with Crippen molar-refractivity contribution in [2.45, 2.75) is 33.1 Å². The molecule has 19 heavy (non-hydrogen) atoms. The first-order chi connectivity index (χ1) is 9.24. The average molecular weight is 263 g/mol. The van der Waals surface area contributed by atoms with Gasteiger partial charge in [0, 0.05) is 32.1 Å². The van der Waals surface area contributed by atoms with Gasteiger partial charge in [0.2, 0.25) is 0 Å². The van der Waals surface area contributed by atoms with Gasteiger partial charge in [-0.05, 0) is 32.9 Å². The summed E-state index contributed by atoms with van der Waals surface area (Å²) in [5, 5.41) is 6.60. The molecule has 0 spiro atoms. The van der Waals surface area contributed by atoms with Gasteiger partial charge in [0.05, 0.1) is 0 Å². The molecule has 1 aromatic rings. The molecule has 106 valence electrons. The van der Waals surface area contributed by atoms with Gasteiger partial charge in [-0.25, -0.2) is 9.97 Å². The van der Waals surface area contributed by atoms with E-state index in [4.69, 9.17) is 0 Å². The zero-order valence-electron chi connectivity index (χ0n) is 12.3. The van der Waals surface area contributed by atoms with E-state index >= 15 is 0 Å². The minimum atomic E-state index is 0.857. The van der Waals surface area contributed by atoms with Gasteiger partial charge in [-0.1, -0.05) is 6.92 Å². The molecule has 1 aliphatic rings. The van der Waals surface area contributed by atoms with Crippen molar-refractivity contribution in [2.75, 3.05) is 43.9 Å². The number of hydrogen-bond donors (Lipinski definition) is 2. The Morgan fingerprint density at radius 2 is 1.84 bits per heavy atom. The Balaban J connectivity index is 1.97. The van der Waals surface area contributed by atoms with E-state index in [1.165, 1.54) is 25.9 Å². The molecule has 1 aliphatic heterocycles. The molecular formula is C14H25N5. The number of aryl methyl sites for hydroxylation is 1. The first-order valence-corrected chi connectivity index (χ1v) is 7.26. The van der Waals surface area contributed by atoms with Crippen molar-refractivity contribution in [1.82, 2.24) is 14.9 Å². The second-order valence-corrected chi connectivity index (χ2v) is 5.04. The third-order valence-corrected chi connectivity index (χ3v) is 3.66. The van der Waals surface area contributed by atoms with Crippen LogP contribution in [0.5, 0.6) is 0 Å². The van der Waals surface area contributed by atoms with Crippen LogP contribution in [0.25, 0.3) is 0 Å². The molecule has 1 fully saturated rings. The molecule has 5 nitrogen and oxygen atoms in total. The van der Waals surface area contributed by atoms with Gasteiger partial charge in [-0.2, -0.15) is 0 Å². The number of hydrogen-bond acceptors (Lipinski definition) is 5. The molecule has 1 saturated heterocycles. The SMILES string of the molecule is CCc1nc(NC)c(C)c(NCCN2CCCC2)n1. The summed E-state index contributed by atoms with van der Waals surface area (Å²) >= 11 is 0. The zero-order chi connectivity index (χ0) is 13.7. The number of likely N-dealkylation sites (tertiary alicyclic amines) is 1. The van der Waals surface area contributed by atoms with Crippen molar-refractivity contribution >= 4 is 11.6 Å². The Kier molecular flexibility index (Phi) is 4.96. The van der Waals surface area contributed by atoms with Crippen LogP contribution >= 0.6 is 0 Å². The van der Waals surface area contributed by atoms with E-state index in [2.05, 4.69) is 39.3 Å². The second kappa shape index (κ2) is 6.70. The fourth-order valence-corrected chi connectivity index (χ4v) is 2.48. The molecule has 2 N–H and O–H groups in total. The number of nitrogens with zero attached hydrogens (tertiary/aromatic N) is 3. The lowest BCUT2D eigenvalue weighted by molar-refractivity contribution is 0.352. The van der Waals surface area contributed by atoms with E-state index in [0.717, 1.165) is 42.5 Å². The molecule has 0 radical (unpaired) electrons. The van der Waals surface area contributed by atoms with E-state index in [9.17, 15) is 0 Å². The van der Waals surface area contributed by atoms with E-state index in [1.54, 1.807) is 0 Å². The number of nitrogens with one attached hydrogen (secondary N) is 2. The van der Waals surface area contributed by atoms with Crippen LogP contribution in [0.15, 0.2) is 0 Å². The Hall–Kier alpha value is -1.36. The molecule has 0 saturated carbocycles. The van der Waals surface area contributed by atoms with Crippen molar-refractivity contribution in [2.24, 2.45) is 0 Å². The van der Waals surface area contributed by atoms with Gasteiger partial charge in [-0.15, -0.1) is 0 Å². The Labute approximate surface area is 115 Å². The summed E-state index contributed by atoms with van der Waals surface area (Å²) in [5.74, 6) is 2.78. The Bertz CT molecular complexity index is 413. The van der Waals surface area contributed by atoms with Crippen molar-refractivity contribution in [3.63, 3.8) is 0 Å². The van der Waals surface area contributed by atoms with Crippen LogP contribution in [0, 0.1) is 6.92 Å². The molecule has 2 heterocycles. The number of aromatic nitrogens is 2. The van der Waals surface area contributed by atoms with Crippen LogP contribution in [0.4, 0.5) is 11.6 Å². The van der Waals surface area contributed by atoms with Crippen LogP contribution in [-0.4, -0.2) is 48.1 Å². The average Bonchev–Trinajstić information content (AvgIpc) is 2.94. The van der Waals surface area contributed by atoms with Gasteiger partial charge in [0.1, 0.15) is 17.5 Å². The lowest BCUT2D eigenvalue weighted by Crippen LogP contribution is -2.26. The van der Waals surface area contributed by atoms with E-state index < -0.39 is 0 Å². The Morgan fingerprint density at radius 3 is 2.47 bits per heavy atom. The first-order valence-electron chi connectivity index (χ1n) is 7.26. The standard InChI is InChI=1S/C14H25N5/c1-4-12-17-13(15-3)11(2)14(18-12)16-7-10-19-8-5-6-9-19/h4-10H2,1-3H3,(H2,15,16,17,18). The van der Waals surface area contributed by atoms with E-state index in [0.29, 0.717) is 0 Å². The minimum Gasteiger partial charge on any atom is -0.373 e. The zero-order valence-corrected chi connectivity index (χ0v) is 12.3. The van der Waals surface area contributed by atoms with Crippen molar-refractivity contribution in [1.29, 1.82) is 0 Å². The highest BCUT2D eigenvalue weighted by atomic mass is 15.2. The molecule has 5 heteroatoms. The normalized spacial score (nSPS) is 15.7. The fourth-order valence-electron chi connectivity index (χ4n) is 2.48. The topological polar surface area (TPSA) is 53.1 Å². The maximum absolute atomic E-state index is 4.58. The lowest BCUT2D eigenvalue weighted by Gasteiger charge is -2.17. The molecule has 0 amide bonds. The van der Waals surface area contributed by atoms with Crippen molar-refractivity contribution < 1.29 is 0 Å². The molecule has 0 aromatic carbocycles. The summed E-state index contributed by atoms with van der Waals surface area (Å²) in [5.41, 5.74) is 1.10. The van der Waals surface area contributed by atoms with Gasteiger partial charge < -0.3 is 15.5 Å².